The van der Waals surface area contributed by atoms with Gasteiger partial charge in [0.1, 0.15) is 0 Å². The predicted octanol–water partition coefficient (Wildman–Crippen LogP) is 0.247. The minimum absolute atomic E-state index is 0.0500. The zero-order valence-electron chi connectivity index (χ0n) is 7.02. The van der Waals surface area contributed by atoms with E-state index in [4.69, 9.17) is 21.7 Å². The molecule has 0 aromatic heterocycles. The normalized spacial score (nSPS) is 9.71. The number of nitrogens with two attached hydrogens (primary N) is 2. The third-order valence-corrected chi connectivity index (χ3v) is 1.66. The highest BCUT2D eigenvalue weighted by Gasteiger charge is 2.16. The van der Waals surface area contributed by atoms with E-state index in [-0.39, 0.29) is 22.5 Å². The Morgan fingerprint density at radius 3 is 1.64 bits per heavy atom. The molecule has 1 rings (SSSR count). The number of anilines is 2. The van der Waals surface area contributed by atoms with Gasteiger partial charge < -0.3 is 21.7 Å². The van der Waals surface area contributed by atoms with Crippen molar-refractivity contribution in [2.45, 2.75) is 0 Å². The van der Waals surface area contributed by atoms with Crippen LogP contribution >= 0.6 is 0 Å². The first-order valence-electron chi connectivity index (χ1n) is 3.59. The lowest BCUT2D eigenvalue weighted by atomic mass is 10.1. The lowest BCUT2D eigenvalue weighted by Crippen LogP contribution is -2.10. The average Bonchev–Trinajstić information content (AvgIpc) is 2.07. The largest absolute Gasteiger partial charge is 0.478 e. The third kappa shape index (κ3) is 1.58. The lowest BCUT2D eigenvalue weighted by molar-refractivity contribution is 0.0696. The highest BCUT2D eigenvalue weighted by atomic mass is 16.4. The number of carboxylic acids is 2. The molecule has 0 spiro atoms. The van der Waals surface area contributed by atoms with Gasteiger partial charge in [0.15, 0.2) is 0 Å². The molecule has 0 heterocycles. The molecule has 6 N–H and O–H groups in total. The van der Waals surface area contributed by atoms with E-state index in [9.17, 15) is 9.59 Å². The van der Waals surface area contributed by atoms with Crippen LogP contribution in [0.2, 0.25) is 0 Å². The van der Waals surface area contributed by atoms with Gasteiger partial charge in [-0.15, -0.1) is 0 Å². The summed E-state index contributed by atoms with van der Waals surface area (Å²) >= 11 is 0. The van der Waals surface area contributed by atoms with Crippen molar-refractivity contribution in [2.75, 3.05) is 11.5 Å². The SMILES string of the molecule is Nc1cc(C(=O)O)c(N)c(C(=O)O)c1. The summed E-state index contributed by atoms with van der Waals surface area (Å²) in [6.07, 6.45) is 0. The minimum Gasteiger partial charge on any atom is -0.478 e. The molecule has 0 radical (unpaired) electrons. The Morgan fingerprint density at radius 1 is 1.00 bits per heavy atom. The zero-order valence-corrected chi connectivity index (χ0v) is 7.02. The van der Waals surface area contributed by atoms with Crippen LogP contribution in [0.15, 0.2) is 12.1 Å². The van der Waals surface area contributed by atoms with Gasteiger partial charge >= 0.3 is 11.9 Å². The number of aromatic carboxylic acids is 2. The predicted molar refractivity (Wildman–Crippen MR) is 49.2 cm³/mol. The van der Waals surface area contributed by atoms with Crippen molar-refractivity contribution >= 4 is 23.3 Å². The summed E-state index contributed by atoms with van der Waals surface area (Å²) < 4.78 is 0. The monoisotopic (exact) mass is 196 g/mol. The summed E-state index contributed by atoms with van der Waals surface area (Å²) in [4.78, 5) is 21.2. The smallest absolute Gasteiger partial charge is 0.337 e. The Labute approximate surface area is 78.8 Å². The summed E-state index contributed by atoms with van der Waals surface area (Å²) in [5.41, 5.74) is 9.81. The van der Waals surface area contributed by atoms with Gasteiger partial charge in [-0.25, -0.2) is 9.59 Å². The molecule has 74 valence electrons. The highest BCUT2D eigenvalue weighted by molar-refractivity contribution is 6.03. The number of nitrogen functional groups attached to an aromatic ring is 2. The Morgan fingerprint density at radius 2 is 1.36 bits per heavy atom. The fourth-order valence-electron chi connectivity index (χ4n) is 1.03. The second-order valence-electron chi connectivity index (χ2n) is 2.64. The van der Waals surface area contributed by atoms with Gasteiger partial charge in [0, 0.05) is 5.69 Å². The number of hydrogen-bond acceptors (Lipinski definition) is 4. The molecule has 0 fully saturated rings. The van der Waals surface area contributed by atoms with E-state index in [0.717, 1.165) is 12.1 Å². The molecule has 6 nitrogen and oxygen atoms in total. The first kappa shape index (κ1) is 9.85. The second-order valence-corrected chi connectivity index (χ2v) is 2.64. The van der Waals surface area contributed by atoms with Crippen molar-refractivity contribution in [3.8, 4) is 0 Å². The molecule has 6 heteroatoms. The van der Waals surface area contributed by atoms with E-state index in [1.54, 1.807) is 0 Å². The molecule has 1 aromatic carbocycles. The van der Waals surface area contributed by atoms with Crippen LogP contribution in [0.3, 0.4) is 0 Å². The number of carbonyl (C=O) groups is 2. The number of carboxylic acid groups (broad SMARTS) is 2. The van der Waals surface area contributed by atoms with Crippen LogP contribution in [0.1, 0.15) is 20.7 Å². The van der Waals surface area contributed by atoms with Crippen LogP contribution in [0.25, 0.3) is 0 Å². The molecule has 0 atom stereocenters. The molecule has 1 aromatic rings. The first-order valence-corrected chi connectivity index (χ1v) is 3.59. The van der Waals surface area contributed by atoms with Crippen molar-refractivity contribution < 1.29 is 19.8 Å². The van der Waals surface area contributed by atoms with E-state index in [2.05, 4.69) is 0 Å². The Balaban J connectivity index is 3.47. The maximum Gasteiger partial charge on any atom is 0.337 e. The van der Waals surface area contributed by atoms with E-state index < -0.39 is 11.9 Å². The van der Waals surface area contributed by atoms with Gasteiger partial charge in [0.2, 0.25) is 0 Å². The molecular formula is C8H8N2O4. The quantitative estimate of drug-likeness (QED) is 0.502. The van der Waals surface area contributed by atoms with Gasteiger partial charge in [-0.1, -0.05) is 0 Å². The molecular weight excluding hydrogens is 188 g/mol. The molecule has 0 bridgehead atoms. The lowest BCUT2D eigenvalue weighted by Gasteiger charge is -2.05. The average molecular weight is 196 g/mol. The van der Waals surface area contributed by atoms with Gasteiger partial charge in [0.05, 0.1) is 16.8 Å². The van der Waals surface area contributed by atoms with Gasteiger partial charge in [-0.05, 0) is 12.1 Å². The van der Waals surface area contributed by atoms with Gasteiger partial charge in [0.25, 0.3) is 0 Å². The van der Waals surface area contributed by atoms with E-state index in [1.807, 2.05) is 0 Å². The fourth-order valence-corrected chi connectivity index (χ4v) is 1.03. The van der Waals surface area contributed by atoms with Crippen LogP contribution in [0, 0.1) is 0 Å². The van der Waals surface area contributed by atoms with Crippen molar-refractivity contribution in [3.05, 3.63) is 23.3 Å². The molecule has 0 saturated carbocycles. The van der Waals surface area contributed by atoms with Crippen molar-refractivity contribution in [1.29, 1.82) is 0 Å². The number of hydrogen-bond donors (Lipinski definition) is 4. The third-order valence-electron chi connectivity index (χ3n) is 1.66. The van der Waals surface area contributed by atoms with E-state index >= 15 is 0 Å². The van der Waals surface area contributed by atoms with Crippen molar-refractivity contribution in [2.24, 2.45) is 0 Å². The Bertz CT molecular complexity index is 379. The van der Waals surface area contributed by atoms with Crippen LogP contribution in [-0.2, 0) is 0 Å². The standard InChI is InChI=1S/C8H8N2O4/c9-3-1-4(7(11)12)6(10)5(2-3)8(13)14/h1-2H,9-10H2,(H,11,12)(H,13,14). The highest BCUT2D eigenvalue weighted by Crippen LogP contribution is 2.21. The molecule has 0 aliphatic rings. The summed E-state index contributed by atoms with van der Waals surface area (Å²) in [7, 11) is 0. The van der Waals surface area contributed by atoms with Crippen LogP contribution < -0.4 is 11.5 Å². The molecule has 0 aliphatic heterocycles. The number of rotatable bonds is 2. The summed E-state index contributed by atoms with van der Waals surface area (Å²) in [5.74, 6) is -2.62. The van der Waals surface area contributed by atoms with Crippen molar-refractivity contribution in [3.63, 3.8) is 0 Å². The van der Waals surface area contributed by atoms with Gasteiger partial charge in [-0.2, -0.15) is 0 Å². The maximum absolute atomic E-state index is 10.6. The van der Waals surface area contributed by atoms with Crippen LogP contribution in [-0.4, -0.2) is 22.2 Å². The fraction of sp³-hybridized carbons (Fsp3) is 0. The Hall–Kier alpha value is -2.24. The molecule has 0 aliphatic carbocycles. The molecule has 0 amide bonds. The summed E-state index contributed by atoms with van der Waals surface area (Å²) in [6.45, 7) is 0. The Kier molecular flexibility index (Phi) is 2.29. The van der Waals surface area contributed by atoms with Gasteiger partial charge in [-0.3, -0.25) is 0 Å². The first-order chi connectivity index (χ1) is 6.43. The minimum atomic E-state index is -1.31. The van der Waals surface area contributed by atoms with E-state index in [0.29, 0.717) is 0 Å². The summed E-state index contributed by atoms with van der Waals surface area (Å²) in [6, 6.07) is 2.23. The molecule has 0 unspecified atom stereocenters. The van der Waals surface area contributed by atoms with Crippen LogP contribution in [0.5, 0.6) is 0 Å². The maximum atomic E-state index is 10.6. The zero-order chi connectivity index (χ0) is 10.9. The van der Waals surface area contributed by atoms with Crippen LogP contribution in [0.4, 0.5) is 11.4 Å². The topological polar surface area (TPSA) is 127 Å². The van der Waals surface area contributed by atoms with E-state index in [1.165, 1.54) is 0 Å². The second kappa shape index (κ2) is 3.25. The number of benzene rings is 1. The molecule has 0 saturated heterocycles. The summed E-state index contributed by atoms with van der Waals surface area (Å²) in [5, 5.41) is 17.3. The molecule has 14 heavy (non-hydrogen) atoms. The van der Waals surface area contributed by atoms with Crippen molar-refractivity contribution in [1.82, 2.24) is 0 Å².